The predicted molar refractivity (Wildman–Crippen MR) is 133 cm³/mol. The van der Waals surface area contributed by atoms with Gasteiger partial charge in [-0.3, -0.25) is 14.4 Å². The number of nitrogens with zero attached hydrogens (tertiary/aromatic N) is 1. The lowest BCUT2D eigenvalue weighted by Crippen LogP contribution is -2.38. The molecule has 0 bridgehead atoms. The molecule has 0 aliphatic heterocycles. The maximum Gasteiger partial charge on any atom is 0.329 e. The van der Waals surface area contributed by atoms with Gasteiger partial charge in [-0.1, -0.05) is 13.3 Å². The summed E-state index contributed by atoms with van der Waals surface area (Å²) in [5.41, 5.74) is 3.41. The molecule has 0 unspecified atom stereocenters. The molecule has 0 aliphatic carbocycles. The average molecular weight is 485 g/mol. The number of amides is 3. The molecule has 0 heterocycles. The van der Waals surface area contributed by atoms with Crippen molar-refractivity contribution in [2.45, 2.75) is 33.6 Å². The highest BCUT2D eigenvalue weighted by Crippen LogP contribution is 2.28. The molecule has 0 saturated heterocycles. The molecule has 0 atom stereocenters. The molecule has 188 valence electrons. The molecule has 3 N–H and O–H groups in total. The van der Waals surface area contributed by atoms with E-state index in [1.54, 1.807) is 42.5 Å². The van der Waals surface area contributed by atoms with Crippen molar-refractivity contribution < 1.29 is 28.6 Å². The quantitative estimate of drug-likeness (QED) is 0.174. The van der Waals surface area contributed by atoms with Crippen molar-refractivity contribution in [3.63, 3.8) is 0 Å². The number of nitrogens with one attached hydrogen (secondary N) is 3. The van der Waals surface area contributed by atoms with Crippen molar-refractivity contribution in [3.05, 3.63) is 48.0 Å². The Kier molecular flexibility index (Phi) is 11.6. The molecule has 2 aromatic carbocycles. The Balaban J connectivity index is 1.91. The third-order valence-electron chi connectivity index (χ3n) is 4.48. The van der Waals surface area contributed by atoms with E-state index < -0.39 is 11.8 Å². The number of rotatable bonds is 13. The van der Waals surface area contributed by atoms with Crippen LogP contribution < -0.4 is 30.3 Å². The molecule has 0 saturated carbocycles. The van der Waals surface area contributed by atoms with E-state index in [4.69, 9.17) is 14.2 Å². The van der Waals surface area contributed by atoms with Gasteiger partial charge in [0.05, 0.1) is 19.4 Å². The van der Waals surface area contributed by atoms with E-state index in [0.717, 1.165) is 18.6 Å². The molecule has 35 heavy (non-hydrogen) atoms. The van der Waals surface area contributed by atoms with Crippen LogP contribution >= 0.6 is 0 Å². The van der Waals surface area contributed by atoms with Crippen molar-refractivity contribution in [3.8, 4) is 17.2 Å². The second kappa shape index (κ2) is 14.9. The van der Waals surface area contributed by atoms with Gasteiger partial charge in [-0.05, 0) is 68.3 Å². The van der Waals surface area contributed by atoms with Crippen LogP contribution in [-0.2, 0) is 14.4 Å². The molecule has 2 aromatic rings. The van der Waals surface area contributed by atoms with Gasteiger partial charge >= 0.3 is 11.8 Å². The molecule has 2 rings (SSSR count). The molecule has 0 aliphatic rings. The first-order valence-corrected chi connectivity index (χ1v) is 11.5. The topological polar surface area (TPSA) is 127 Å². The van der Waals surface area contributed by atoms with Gasteiger partial charge in [0, 0.05) is 12.2 Å². The van der Waals surface area contributed by atoms with E-state index in [9.17, 15) is 14.4 Å². The Labute approximate surface area is 205 Å². The van der Waals surface area contributed by atoms with Gasteiger partial charge in [0.1, 0.15) is 5.75 Å². The summed E-state index contributed by atoms with van der Waals surface area (Å²) in [6.45, 7) is 6.87. The number of ether oxygens (including phenoxy) is 3. The number of unbranched alkanes of at least 4 members (excludes halogenated alkanes) is 1. The Morgan fingerprint density at radius 1 is 0.886 bits per heavy atom. The maximum absolute atomic E-state index is 12.3. The zero-order valence-electron chi connectivity index (χ0n) is 20.3. The summed E-state index contributed by atoms with van der Waals surface area (Å²) in [6, 6.07) is 12.0. The lowest BCUT2D eigenvalue weighted by Gasteiger charge is -2.13. The van der Waals surface area contributed by atoms with Crippen molar-refractivity contribution in [2.75, 3.05) is 31.7 Å². The van der Waals surface area contributed by atoms with Gasteiger partial charge in [0.15, 0.2) is 18.1 Å². The Morgan fingerprint density at radius 2 is 1.63 bits per heavy atom. The SMILES string of the molecule is CCCCNC(=O)C(=O)N/N=C\c1ccc(OCC(=O)Nc2ccc(OCC)cc2)c(OCC)c1. The van der Waals surface area contributed by atoms with Gasteiger partial charge in [0.2, 0.25) is 0 Å². The summed E-state index contributed by atoms with van der Waals surface area (Å²) < 4.78 is 16.6. The fourth-order valence-corrected chi connectivity index (χ4v) is 2.81. The van der Waals surface area contributed by atoms with Crippen molar-refractivity contribution >= 4 is 29.6 Å². The smallest absolute Gasteiger partial charge is 0.329 e. The highest BCUT2D eigenvalue weighted by atomic mass is 16.5. The molecule has 10 heteroatoms. The van der Waals surface area contributed by atoms with Crippen LogP contribution in [-0.4, -0.2) is 50.3 Å². The monoisotopic (exact) mass is 484 g/mol. The van der Waals surface area contributed by atoms with Gasteiger partial charge in [-0.15, -0.1) is 0 Å². The first-order chi connectivity index (χ1) is 17.0. The van der Waals surface area contributed by atoms with Crippen LogP contribution in [0.2, 0.25) is 0 Å². The number of benzene rings is 2. The molecule has 3 amide bonds. The lowest BCUT2D eigenvalue weighted by atomic mass is 10.2. The van der Waals surface area contributed by atoms with E-state index >= 15 is 0 Å². The van der Waals surface area contributed by atoms with Gasteiger partial charge in [0.25, 0.3) is 5.91 Å². The van der Waals surface area contributed by atoms with Crippen LogP contribution in [0.25, 0.3) is 0 Å². The molecule has 0 aromatic heterocycles. The third kappa shape index (κ3) is 9.75. The summed E-state index contributed by atoms with van der Waals surface area (Å²) in [5, 5.41) is 9.07. The zero-order valence-corrected chi connectivity index (χ0v) is 20.3. The summed E-state index contributed by atoms with van der Waals surface area (Å²) in [6.07, 6.45) is 3.08. The van der Waals surface area contributed by atoms with Crippen molar-refractivity contribution in [2.24, 2.45) is 5.10 Å². The van der Waals surface area contributed by atoms with Crippen LogP contribution in [0.3, 0.4) is 0 Å². The summed E-state index contributed by atoms with van der Waals surface area (Å²) in [5.74, 6) is -0.401. The van der Waals surface area contributed by atoms with E-state index in [-0.39, 0.29) is 12.5 Å². The molecule has 10 nitrogen and oxygen atoms in total. The van der Waals surface area contributed by atoms with Crippen molar-refractivity contribution in [1.29, 1.82) is 0 Å². The van der Waals surface area contributed by atoms with E-state index in [2.05, 4.69) is 21.2 Å². The number of hydrogen-bond acceptors (Lipinski definition) is 7. The summed E-state index contributed by atoms with van der Waals surface area (Å²) in [4.78, 5) is 35.7. The Hall–Kier alpha value is -4.08. The number of hydrazone groups is 1. The third-order valence-corrected chi connectivity index (χ3v) is 4.48. The van der Waals surface area contributed by atoms with Crippen LogP contribution in [0.1, 0.15) is 39.2 Å². The summed E-state index contributed by atoms with van der Waals surface area (Å²) >= 11 is 0. The fourth-order valence-electron chi connectivity index (χ4n) is 2.81. The second-order valence-electron chi connectivity index (χ2n) is 7.24. The first-order valence-electron chi connectivity index (χ1n) is 11.5. The molecule has 0 radical (unpaired) electrons. The standard InChI is InChI=1S/C25H32N4O6/c1-4-7-14-26-24(31)25(32)29-27-16-18-8-13-21(22(15-18)34-6-3)35-17-23(30)28-19-9-11-20(12-10-19)33-5-2/h8-13,15-16H,4-7,14,17H2,1-3H3,(H,26,31)(H,28,30)(H,29,32)/b27-16-. The minimum atomic E-state index is -0.846. The highest BCUT2D eigenvalue weighted by molar-refractivity contribution is 6.35. The normalized spacial score (nSPS) is 10.5. The second-order valence-corrected chi connectivity index (χ2v) is 7.24. The van der Waals surface area contributed by atoms with Gasteiger partial charge in [-0.2, -0.15) is 5.10 Å². The molecular formula is C25H32N4O6. The lowest BCUT2D eigenvalue weighted by molar-refractivity contribution is -0.139. The summed E-state index contributed by atoms with van der Waals surface area (Å²) in [7, 11) is 0. The largest absolute Gasteiger partial charge is 0.494 e. The number of hydrogen-bond donors (Lipinski definition) is 3. The molecule has 0 fully saturated rings. The fraction of sp³-hybridized carbons (Fsp3) is 0.360. The number of anilines is 1. The minimum absolute atomic E-state index is 0.218. The van der Waals surface area contributed by atoms with E-state index in [0.29, 0.717) is 42.5 Å². The predicted octanol–water partition coefficient (Wildman–Crippen LogP) is 2.87. The van der Waals surface area contributed by atoms with Crippen LogP contribution in [0, 0.1) is 0 Å². The zero-order chi connectivity index (χ0) is 25.5. The molecule has 0 spiro atoms. The minimum Gasteiger partial charge on any atom is -0.494 e. The Morgan fingerprint density at radius 3 is 2.31 bits per heavy atom. The van der Waals surface area contributed by atoms with Gasteiger partial charge in [-0.25, -0.2) is 5.43 Å². The number of carbonyl (C=O) groups excluding carboxylic acids is 3. The van der Waals surface area contributed by atoms with E-state index in [1.807, 2.05) is 20.8 Å². The van der Waals surface area contributed by atoms with Crippen LogP contribution in [0.4, 0.5) is 5.69 Å². The number of carbonyl (C=O) groups is 3. The highest BCUT2D eigenvalue weighted by Gasteiger charge is 2.12. The van der Waals surface area contributed by atoms with Crippen molar-refractivity contribution in [1.82, 2.24) is 10.7 Å². The van der Waals surface area contributed by atoms with Gasteiger partial charge < -0.3 is 24.8 Å². The first kappa shape index (κ1) is 27.2. The van der Waals surface area contributed by atoms with E-state index in [1.165, 1.54) is 6.21 Å². The molecular weight excluding hydrogens is 452 g/mol. The average Bonchev–Trinajstić information content (AvgIpc) is 2.85. The maximum atomic E-state index is 12.3. The Bertz CT molecular complexity index is 1010. The van der Waals surface area contributed by atoms with Crippen LogP contribution in [0.15, 0.2) is 47.6 Å². The van der Waals surface area contributed by atoms with Crippen LogP contribution in [0.5, 0.6) is 17.2 Å².